The molecule has 0 amide bonds. The lowest BCUT2D eigenvalue weighted by molar-refractivity contribution is -0.384. The van der Waals surface area contributed by atoms with E-state index in [9.17, 15) is 10.1 Å². The number of nitrogens with one attached hydrogen (secondary N) is 1. The number of furan rings is 1. The van der Waals surface area contributed by atoms with Gasteiger partial charge in [0.05, 0.1) is 37.6 Å². The van der Waals surface area contributed by atoms with Gasteiger partial charge in [-0.3, -0.25) is 10.1 Å². The van der Waals surface area contributed by atoms with Crippen molar-refractivity contribution in [1.29, 1.82) is 0 Å². The van der Waals surface area contributed by atoms with Crippen LogP contribution in [-0.2, 0) is 9.47 Å². The highest BCUT2D eigenvalue weighted by molar-refractivity contribution is 5.78. The third-order valence-corrected chi connectivity index (χ3v) is 5.88. The number of benzene rings is 1. The van der Waals surface area contributed by atoms with Crippen molar-refractivity contribution in [2.75, 3.05) is 67.8 Å². The van der Waals surface area contributed by atoms with Crippen LogP contribution in [0.4, 0.5) is 23.5 Å². The summed E-state index contributed by atoms with van der Waals surface area (Å²) >= 11 is 0. The van der Waals surface area contributed by atoms with Gasteiger partial charge in [-0.2, -0.15) is 20.1 Å². The highest BCUT2D eigenvalue weighted by Crippen LogP contribution is 2.29. The Balaban J connectivity index is 1.34. The van der Waals surface area contributed by atoms with E-state index in [1.54, 1.807) is 18.2 Å². The maximum Gasteiger partial charge on any atom is 0.270 e. The number of hydrogen-bond acceptors (Lipinski definition) is 12. The van der Waals surface area contributed by atoms with Crippen LogP contribution in [0.5, 0.6) is 0 Å². The van der Waals surface area contributed by atoms with E-state index in [4.69, 9.17) is 13.9 Å². The molecule has 0 bridgehead atoms. The van der Waals surface area contributed by atoms with Crippen molar-refractivity contribution < 1.29 is 18.8 Å². The number of non-ortho nitro benzene ring substituents is 1. The molecule has 13 nitrogen and oxygen atoms in total. The molecule has 1 aromatic carbocycles. The Morgan fingerprint density at radius 3 is 2.22 bits per heavy atom. The monoisotopic (exact) mass is 494 g/mol. The van der Waals surface area contributed by atoms with Gasteiger partial charge >= 0.3 is 0 Å². The van der Waals surface area contributed by atoms with Gasteiger partial charge < -0.3 is 23.7 Å². The number of ether oxygens (including phenoxy) is 2. The van der Waals surface area contributed by atoms with Crippen LogP contribution in [0.3, 0.4) is 0 Å². The van der Waals surface area contributed by atoms with E-state index in [1.165, 1.54) is 18.3 Å². The van der Waals surface area contributed by atoms with Crippen molar-refractivity contribution in [1.82, 2.24) is 15.0 Å². The molecule has 5 rings (SSSR count). The van der Waals surface area contributed by atoms with Crippen LogP contribution in [0, 0.1) is 17.0 Å². The normalized spacial score (nSPS) is 16.5. The molecule has 3 aromatic rings. The first-order valence-electron chi connectivity index (χ1n) is 11.6. The van der Waals surface area contributed by atoms with Gasteiger partial charge in [-0.15, -0.1) is 0 Å². The number of hydrazone groups is 1. The van der Waals surface area contributed by atoms with Crippen LogP contribution in [-0.4, -0.2) is 78.7 Å². The predicted octanol–water partition coefficient (Wildman–Crippen LogP) is 2.47. The second-order valence-corrected chi connectivity index (χ2v) is 8.29. The summed E-state index contributed by atoms with van der Waals surface area (Å²) in [4.78, 5) is 28.6. The quantitative estimate of drug-likeness (QED) is 0.294. The number of morpholine rings is 2. The van der Waals surface area contributed by atoms with Gasteiger partial charge in [0, 0.05) is 43.9 Å². The second kappa shape index (κ2) is 10.7. The molecule has 0 saturated carbocycles. The van der Waals surface area contributed by atoms with Crippen LogP contribution in [0.15, 0.2) is 39.9 Å². The zero-order chi connectivity index (χ0) is 24.9. The summed E-state index contributed by atoms with van der Waals surface area (Å²) in [6.07, 6.45) is 1.50. The van der Waals surface area contributed by atoms with Crippen molar-refractivity contribution in [3.63, 3.8) is 0 Å². The molecule has 2 aliphatic heterocycles. The highest BCUT2D eigenvalue weighted by atomic mass is 16.6. The molecule has 2 aromatic heterocycles. The summed E-state index contributed by atoms with van der Waals surface area (Å²) in [5.74, 6) is 2.43. The van der Waals surface area contributed by atoms with Gasteiger partial charge in [-0.1, -0.05) is 6.07 Å². The van der Waals surface area contributed by atoms with Crippen molar-refractivity contribution in [2.24, 2.45) is 5.10 Å². The van der Waals surface area contributed by atoms with E-state index in [2.05, 4.69) is 35.3 Å². The molecule has 1 N–H and O–H groups in total. The first-order chi connectivity index (χ1) is 17.6. The molecular weight excluding hydrogens is 468 g/mol. The van der Waals surface area contributed by atoms with Gasteiger partial charge in [-0.05, 0) is 24.6 Å². The maximum absolute atomic E-state index is 11.1. The Bertz CT molecular complexity index is 1210. The molecule has 0 spiro atoms. The molecule has 2 saturated heterocycles. The zero-order valence-corrected chi connectivity index (χ0v) is 19.8. The summed E-state index contributed by atoms with van der Waals surface area (Å²) in [6, 6.07) is 8.16. The second-order valence-electron chi connectivity index (χ2n) is 8.29. The van der Waals surface area contributed by atoms with Crippen molar-refractivity contribution >= 4 is 29.7 Å². The number of aryl methyl sites for hydroxylation is 1. The molecule has 4 heterocycles. The lowest BCUT2D eigenvalue weighted by Gasteiger charge is -2.30. The average molecular weight is 495 g/mol. The van der Waals surface area contributed by atoms with Crippen LogP contribution >= 0.6 is 0 Å². The number of nitrogens with zero attached hydrogens (tertiary/aromatic N) is 7. The molecule has 0 aliphatic carbocycles. The topological polar surface area (TPSA) is 144 Å². The molecule has 188 valence electrons. The summed E-state index contributed by atoms with van der Waals surface area (Å²) in [7, 11) is 0. The Kier molecular flexibility index (Phi) is 7.00. The largest absolute Gasteiger partial charge is 0.455 e. The molecule has 13 heteroatoms. The van der Waals surface area contributed by atoms with Crippen LogP contribution < -0.4 is 15.2 Å². The summed E-state index contributed by atoms with van der Waals surface area (Å²) in [6.45, 7) is 7.12. The lowest BCUT2D eigenvalue weighted by atomic mass is 10.1. The minimum atomic E-state index is -0.427. The standard InChI is InChI=1S/C23H26N8O5/c1-16-2-3-17(31(32)33)14-19(16)20-5-4-18(36-20)15-24-28-21-25-22(29-6-10-34-11-7-29)27-23(26-21)30-8-12-35-13-9-30/h2-5,14-15H,6-13H2,1H3,(H,25,26,27,28). The van der Waals surface area contributed by atoms with E-state index < -0.39 is 4.92 Å². The van der Waals surface area contributed by atoms with Crippen LogP contribution in [0.25, 0.3) is 11.3 Å². The van der Waals surface area contributed by atoms with Crippen LogP contribution in [0.1, 0.15) is 11.3 Å². The van der Waals surface area contributed by atoms with Gasteiger partial charge in [0.15, 0.2) is 0 Å². The smallest absolute Gasteiger partial charge is 0.270 e. The van der Waals surface area contributed by atoms with Gasteiger partial charge in [-0.25, -0.2) is 5.43 Å². The molecule has 36 heavy (non-hydrogen) atoms. The minimum Gasteiger partial charge on any atom is -0.455 e. The minimum absolute atomic E-state index is 0.00543. The lowest BCUT2D eigenvalue weighted by Crippen LogP contribution is -2.40. The number of nitro groups is 1. The van der Waals surface area contributed by atoms with E-state index >= 15 is 0 Å². The molecule has 2 aliphatic rings. The zero-order valence-electron chi connectivity index (χ0n) is 19.8. The average Bonchev–Trinajstić information content (AvgIpc) is 3.38. The fourth-order valence-electron chi connectivity index (χ4n) is 3.92. The molecule has 0 atom stereocenters. The summed E-state index contributed by atoms with van der Waals surface area (Å²) < 4.78 is 16.7. The van der Waals surface area contributed by atoms with E-state index in [0.717, 1.165) is 5.56 Å². The third-order valence-electron chi connectivity index (χ3n) is 5.88. The Labute approximate surface area is 206 Å². The Morgan fingerprint density at radius 2 is 1.61 bits per heavy atom. The number of anilines is 3. The van der Waals surface area contributed by atoms with Gasteiger partial charge in [0.25, 0.3) is 5.69 Å². The molecular formula is C23H26N8O5. The number of nitro benzene ring substituents is 1. The number of aromatic nitrogens is 3. The van der Waals surface area contributed by atoms with Crippen molar-refractivity contribution in [3.05, 3.63) is 51.8 Å². The first kappa shape index (κ1) is 23.6. The SMILES string of the molecule is Cc1ccc([N+](=O)[O-])cc1-c1ccc(C=NNc2nc(N3CCOCC3)nc(N3CCOCC3)n2)o1. The van der Waals surface area contributed by atoms with Crippen molar-refractivity contribution in [3.8, 4) is 11.3 Å². The highest BCUT2D eigenvalue weighted by Gasteiger charge is 2.20. The molecule has 0 radical (unpaired) electrons. The summed E-state index contributed by atoms with van der Waals surface area (Å²) in [5.41, 5.74) is 4.41. The Hall–Kier alpha value is -4.10. The van der Waals surface area contributed by atoms with Crippen molar-refractivity contribution in [2.45, 2.75) is 6.92 Å². The van der Waals surface area contributed by atoms with E-state index in [0.29, 0.717) is 87.5 Å². The third kappa shape index (κ3) is 5.42. The van der Waals surface area contributed by atoms with Crippen LogP contribution in [0.2, 0.25) is 0 Å². The predicted molar refractivity (Wildman–Crippen MR) is 133 cm³/mol. The van der Waals surface area contributed by atoms with E-state index in [-0.39, 0.29) is 5.69 Å². The van der Waals surface area contributed by atoms with E-state index in [1.807, 2.05) is 6.92 Å². The first-order valence-corrected chi connectivity index (χ1v) is 11.6. The van der Waals surface area contributed by atoms with Gasteiger partial charge in [0.2, 0.25) is 17.8 Å². The maximum atomic E-state index is 11.1. The Morgan fingerprint density at radius 1 is 0.972 bits per heavy atom. The fraction of sp³-hybridized carbons (Fsp3) is 0.391. The summed E-state index contributed by atoms with van der Waals surface area (Å²) in [5, 5.41) is 15.4. The number of rotatable bonds is 7. The molecule has 0 unspecified atom stereocenters. The van der Waals surface area contributed by atoms with Gasteiger partial charge in [0.1, 0.15) is 11.5 Å². The fourth-order valence-corrected chi connectivity index (χ4v) is 3.92. The molecule has 2 fully saturated rings. The number of hydrogen-bond donors (Lipinski definition) is 1.